The molecule has 3 aromatic rings. The van der Waals surface area contributed by atoms with Crippen LogP contribution in [0.5, 0.6) is 17.2 Å². The van der Waals surface area contributed by atoms with Crippen molar-refractivity contribution in [1.29, 1.82) is 0 Å². The topological polar surface area (TPSA) is 131 Å². The largest absolute Gasteiger partial charge is 0.493 e. The van der Waals surface area contributed by atoms with Gasteiger partial charge >= 0.3 is 0 Å². The Labute approximate surface area is 213 Å². The summed E-state index contributed by atoms with van der Waals surface area (Å²) in [5.41, 5.74) is 2.28. The van der Waals surface area contributed by atoms with E-state index in [4.69, 9.17) is 19.3 Å². The van der Waals surface area contributed by atoms with Crippen LogP contribution in [0.25, 0.3) is 11.4 Å². The number of ketones is 1. The van der Waals surface area contributed by atoms with E-state index in [2.05, 4.69) is 24.1 Å². The van der Waals surface area contributed by atoms with Gasteiger partial charge in [0.15, 0.2) is 23.1 Å². The van der Waals surface area contributed by atoms with Gasteiger partial charge in [-0.3, -0.25) is 14.9 Å². The Morgan fingerprint density at radius 3 is 2.41 bits per heavy atom. The van der Waals surface area contributed by atoms with Gasteiger partial charge in [-0.05, 0) is 29.5 Å². The van der Waals surface area contributed by atoms with Crippen LogP contribution in [0, 0.1) is 15.5 Å². The number of rotatable bonds is 6. The molecule has 1 N–H and O–H groups in total. The van der Waals surface area contributed by atoms with E-state index in [0.717, 1.165) is 5.70 Å². The summed E-state index contributed by atoms with van der Waals surface area (Å²) in [5, 5.41) is 19.4. The third kappa shape index (κ3) is 4.15. The number of Topliss-reactive ketones (excluding diaryl/α,β-unsaturated/α-hetero) is 1. The van der Waals surface area contributed by atoms with E-state index in [0.29, 0.717) is 58.6 Å². The summed E-state index contributed by atoms with van der Waals surface area (Å²) in [6, 6.07) is 9.12. The number of ether oxygens (including phenoxy) is 3. The number of methoxy groups -OCH3 is 3. The van der Waals surface area contributed by atoms with E-state index >= 15 is 0 Å². The standard InChI is InChI=1S/C26H27N5O6/c1-26(2)12-17-21(18(32)13-26)22(15-10-19(35-3)23(37-5)20(11-15)36-4)30-25(27-17)28-24(29-30)14-7-6-8-16(9-14)31(33)34/h6-11,22H,12-13H2,1-5H3,(H,27,28,29). The number of aromatic nitrogens is 3. The average Bonchev–Trinajstić information content (AvgIpc) is 3.29. The Morgan fingerprint density at radius 2 is 1.78 bits per heavy atom. The van der Waals surface area contributed by atoms with E-state index in [1.807, 2.05) is 0 Å². The Morgan fingerprint density at radius 1 is 1.08 bits per heavy atom. The van der Waals surface area contributed by atoms with Crippen molar-refractivity contribution in [2.24, 2.45) is 5.41 Å². The van der Waals surface area contributed by atoms with Gasteiger partial charge in [0.25, 0.3) is 5.69 Å². The molecule has 0 fully saturated rings. The van der Waals surface area contributed by atoms with Gasteiger partial charge < -0.3 is 19.5 Å². The van der Waals surface area contributed by atoms with Crippen molar-refractivity contribution in [2.75, 3.05) is 26.6 Å². The van der Waals surface area contributed by atoms with Crippen molar-refractivity contribution in [2.45, 2.75) is 32.7 Å². The van der Waals surface area contributed by atoms with Crippen LogP contribution in [0.2, 0.25) is 0 Å². The molecule has 0 radical (unpaired) electrons. The summed E-state index contributed by atoms with van der Waals surface area (Å²) >= 11 is 0. The Kier molecular flexibility index (Phi) is 5.85. The number of fused-ring (bicyclic) bond motifs is 1. The highest BCUT2D eigenvalue weighted by molar-refractivity contribution is 6.00. The number of hydrogen-bond donors (Lipinski definition) is 1. The first-order valence-electron chi connectivity index (χ1n) is 11.7. The molecule has 2 aliphatic rings. The van der Waals surface area contributed by atoms with Crippen molar-refractivity contribution in [3.63, 3.8) is 0 Å². The molecule has 1 aliphatic heterocycles. The number of carbonyl (C=O) groups excluding carboxylic acids is 1. The molecule has 192 valence electrons. The van der Waals surface area contributed by atoms with Gasteiger partial charge in [0.05, 0.1) is 26.3 Å². The Bertz CT molecular complexity index is 1430. The van der Waals surface area contributed by atoms with E-state index in [1.54, 1.807) is 28.9 Å². The fourth-order valence-corrected chi connectivity index (χ4v) is 5.06. The molecule has 1 unspecified atom stereocenters. The zero-order valence-corrected chi connectivity index (χ0v) is 21.2. The summed E-state index contributed by atoms with van der Waals surface area (Å²) in [5.74, 6) is 2.07. The van der Waals surface area contributed by atoms with Crippen molar-refractivity contribution < 1.29 is 23.9 Å². The lowest BCUT2D eigenvalue weighted by atomic mass is 9.73. The van der Waals surface area contributed by atoms with Gasteiger partial charge in [0.2, 0.25) is 11.7 Å². The Balaban J connectivity index is 1.72. The molecule has 0 saturated carbocycles. The van der Waals surface area contributed by atoms with Gasteiger partial charge in [0.1, 0.15) is 6.04 Å². The van der Waals surface area contributed by atoms with Crippen LogP contribution in [0.3, 0.4) is 0 Å². The second-order valence-electron chi connectivity index (χ2n) is 9.83. The highest BCUT2D eigenvalue weighted by Gasteiger charge is 2.42. The number of nitrogens with one attached hydrogen (secondary N) is 1. The lowest BCUT2D eigenvalue weighted by molar-refractivity contribution is -0.384. The maximum atomic E-state index is 13.5. The molecule has 1 atom stereocenters. The van der Waals surface area contributed by atoms with E-state index < -0.39 is 11.0 Å². The number of non-ortho nitro benzene ring substituents is 1. The SMILES string of the molecule is COc1cc(C2C3=C(CC(C)(C)CC3=O)Nc3nc(-c4cccc([N+](=O)[O-])c4)nn32)cc(OC)c1OC. The maximum absolute atomic E-state index is 13.5. The molecule has 1 aromatic heterocycles. The minimum atomic E-state index is -0.622. The third-order valence-corrected chi connectivity index (χ3v) is 6.65. The van der Waals surface area contributed by atoms with Crippen LogP contribution < -0.4 is 19.5 Å². The van der Waals surface area contributed by atoms with Gasteiger partial charge in [-0.2, -0.15) is 4.98 Å². The number of nitro benzene ring substituents is 1. The van der Waals surface area contributed by atoms with Gasteiger partial charge in [-0.25, -0.2) is 4.68 Å². The Hall–Kier alpha value is -4.41. The van der Waals surface area contributed by atoms with Crippen LogP contribution in [-0.4, -0.2) is 46.8 Å². The fraction of sp³-hybridized carbons (Fsp3) is 0.346. The second-order valence-corrected chi connectivity index (χ2v) is 9.83. The van der Waals surface area contributed by atoms with Crippen LogP contribution in [0.15, 0.2) is 47.7 Å². The summed E-state index contributed by atoms with van der Waals surface area (Å²) in [6.45, 7) is 4.11. The molecular weight excluding hydrogens is 478 g/mol. The van der Waals surface area contributed by atoms with Crippen LogP contribution in [0.1, 0.15) is 38.3 Å². The highest BCUT2D eigenvalue weighted by Crippen LogP contribution is 2.48. The quantitative estimate of drug-likeness (QED) is 0.379. The monoisotopic (exact) mass is 505 g/mol. The van der Waals surface area contributed by atoms with Crippen LogP contribution in [0.4, 0.5) is 11.6 Å². The zero-order valence-electron chi connectivity index (χ0n) is 21.2. The predicted octanol–water partition coefficient (Wildman–Crippen LogP) is 4.54. The molecule has 2 heterocycles. The smallest absolute Gasteiger partial charge is 0.270 e. The van der Waals surface area contributed by atoms with Crippen molar-refractivity contribution >= 4 is 17.4 Å². The minimum absolute atomic E-state index is 0.00977. The van der Waals surface area contributed by atoms with Crippen LogP contribution >= 0.6 is 0 Å². The van der Waals surface area contributed by atoms with Gasteiger partial charge in [-0.1, -0.05) is 26.0 Å². The van der Waals surface area contributed by atoms with Gasteiger partial charge in [0, 0.05) is 35.4 Å². The minimum Gasteiger partial charge on any atom is -0.493 e. The predicted molar refractivity (Wildman–Crippen MR) is 135 cm³/mol. The molecule has 0 amide bonds. The van der Waals surface area contributed by atoms with E-state index in [9.17, 15) is 14.9 Å². The van der Waals surface area contributed by atoms with Crippen LogP contribution in [-0.2, 0) is 4.79 Å². The van der Waals surface area contributed by atoms with Crippen molar-refractivity contribution in [3.8, 4) is 28.6 Å². The fourth-order valence-electron chi connectivity index (χ4n) is 5.06. The molecule has 5 rings (SSSR count). The highest BCUT2D eigenvalue weighted by atomic mass is 16.6. The lowest BCUT2D eigenvalue weighted by Gasteiger charge is -2.38. The first kappa shape index (κ1) is 24.3. The maximum Gasteiger partial charge on any atom is 0.270 e. The normalized spacial score (nSPS) is 18.0. The molecule has 11 nitrogen and oxygen atoms in total. The molecule has 0 spiro atoms. The first-order chi connectivity index (χ1) is 17.7. The molecule has 37 heavy (non-hydrogen) atoms. The molecule has 0 saturated heterocycles. The lowest BCUT2D eigenvalue weighted by Crippen LogP contribution is -2.36. The number of benzene rings is 2. The van der Waals surface area contributed by atoms with Crippen molar-refractivity contribution in [3.05, 3.63) is 63.3 Å². The molecule has 1 aliphatic carbocycles. The molecular formula is C26H27N5O6. The van der Waals surface area contributed by atoms with Crippen molar-refractivity contribution in [1.82, 2.24) is 14.8 Å². The number of carbonyl (C=O) groups is 1. The number of hydrogen-bond acceptors (Lipinski definition) is 9. The third-order valence-electron chi connectivity index (χ3n) is 6.65. The van der Waals surface area contributed by atoms with E-state index in [1.165, 1.54) is 33.5 Å². The van der Waals surface area contributed by atoms with E-state index in [-0.39, 0.29) is 16.9 Å². The summed E-state index contributed by atoms with van der Waals surface area (Å²) in [6.07, 6.45) is 1.03. The number of nitro groups is 1. The summed E-state index contributed by atoms with van der Waals surface area (Å²) in [7, 11) is 4.59. The average molecular weight is 506 g/mol. The second kappa shape index (κ2) is 8.91. The van der Waals surface area contributed by atoms with Gasteiger partial charge in [-0.15, -0.1) is 5.10 Å². The summed E-state index contributed by atoms with van der Waals surface area (Å²) < 4.78 is 18.3. The number of nitrogens with zero attached hydrogens (tertiary/aromatic N) is 4. The molecule has 0 bridgehead atoms. The molecule has 11 heteroatoms. The molecule has 2 aromatic carbocycles. The number of anilines is 1. The zero-order chi connectivity index (χ0) is 26.5. The first-order valence-corrected chi connectivity index (χ1v) is 11.7. The number of allylic oxidation sites excluding steroid dienone is 2. The summed E-state index contributed by atoms with van der Waals surface area (Å²) in [4.78, 5) is 29.1.